The van der Waals surface area contributed by atoms with Crippen LogP contribution in [0.3, 0.4) is 0 Å². The fourth-order valence-electron chi connectivity index (χ4n) is 3.41. The molecule has 6 nitrogen and oxygen atoms in total. The van der Waals surface area contributed by atoms with E-state index in [1.54, 1.807) is 24.6 Å². The molecule has 3 heterocycles. The van der Waals surface area contributed by atoms with Gasteiger partial charge in [-0.2, -0.15) is 0 Å². The predicted molar refractivity (Wildman–Crippen MR) is 111 cm³/mol. The van der Waals surface area contributed by atoms with Gasteiger partial charge in [0.25, 0.3) is 0 Å². The number of hydrogen-bond donors (Lipinski definition) is 2. The molecular formula is C21H19FN4O2S. The van der Waals surface area contributed by atoms with Crippen LogP contribution in [-0.4, -0.2) is 27.4 Å². The van der Waals surface area contributed by atoms with Crippen LogP contribution >= 0.6 is 12.2 Å². The van der Waals surface area contributed by atoms with Crippen molar-refractivity contribution >= 4 is 28.9 Å². The molecule has 8 heteroatoms. The Morgan fingerprint density at radius 1 is 1.21 bits per heavy atom. The molecule has 1 aliphatic heterocycles. The number of carbonyl (C=O) groups is 1. The number of carbonyl (C=O) groups excluding carboxylic acids is 1. The van der Waals surface area contributed by atoms with E-state index in [2.05, 4.69) is 15.6 Å². The largest absolute Gasteiger partial charge is 0.467 e. The van der Waals surface area contributed by atoms with E-state index >= 15 is 0 Å². The Bertz CT molecular complexity index is 997. The first-order valence-corrected chi connectivity index (χ1v) is 9.60. The molecule has 2 N–H and O–H groups in total. The number of benzene rings is 1. The van der Waals surface area contributed by atoms with E-state index in [9.17, 15) is 9.18 Å². The molecule has 0 bridgehead atoms. The lowest BCUT2D eigenvalue weighted by atomic mass is 10.0. The maximum absolute atomic E-state index is 13.8. The number of halogens is 1. The summed E-state index contributed by atoms with van der Waals surface area (Å²) < 4.78 is 19.4. The second kappa shape index (κ2) is 8.40. The Labute approximate surface area is 172 Å². The van der Waals surface area contributed by atoms with Gasteiger partial charge in [0, 0.05) is 19.2 Å². The van der Waals surface area contributed by atoms with Gasteiger partial charge in [-0.15, -0.1) is 0 Å². The van der Waals surface area contributed by atoms with E-state index < -0.39 is 5.82 Å². The number of pyridine rings is 1. The molecular weight excluding hydrogens is 391 g/mol. The highest BCUT2D eigenvalue weighted by Gasteiger charge is 2.41. The predicted octanol–water partition coefficient (Wildman–Crippen LogP) is 3.82. The van der Waals surface area contributed by atoms with Gasteiger partial charge in [0.05, 0.1) is 23.7 Å². The lowest BCUT2D eigenvalue weighted by Gasteiger charge is -2.25. The number of furan rings is 1. The topological polar surface area (TPSA) is 70.4 Å². The van der Waals surface area contributed by atoms with Crippen LogP contribution in [-0.2, 0) is 4.79 Å². The zero-order chi connectivity index (χ0) is 20.2. The summed E-state index contributed by atoms with van der Waals surface area (Å²) in [5, 5.41) is 6.40. The average molecular weight is 410 g/mol. The number of rotatable bonds is 6. The van der Waals surface area contributed by atoms with E-state index in [1.807, 2.05) is 35.2 Å². The van der Waals surface area contributed by atoms with Crippen LogP contribution in [0.1, 0.15) is 30.0 Å². The average Bonchev–Trinajstić information content (AvgIpc) is 3.36. The van der Waals surface area contributed by atoms with Crippen LogP contribution in [0.25, 0.3) is 0 Å². The smallest absolute Gasteiger partial charge is 0.226 e. The third-order valence-electron chi connectivity index (χ3n) is 4.76. The summed E-state index contributed by atoms with van der Waals surface area (Å²) in [4.78, 5) is 18.7. The van der Waals surface area contributed by atoms with E-state index in [-0.39, 0.29) is 30.1 Å². The van der Waals surface area contributed by atoms with Gasteiger partial charge >= 0.3 is 0 Å². The van der Waals surface area contributed by atoms with Gasteiger partial charge in [0.2, 0.25) is 5.91 Å². The van der Waals surface area contributed by atoms with Crippen molar-refractivity contribution in [3.63, 3.8) is 0 Å². The summed E-state index contributed by atoms with van der Waals surface area (Å²) in [5.74, 6) is -0.0391. The first-order chi connectivity index (χ1) is 14.1. The maximum atomic E-state index is 13.8. The minimum absolute atomic E-state index is 0.141. The zero-order valence-electron chi connectivity index (χ0n) is 15.4. The van der Waals surface area contributed by atoms with Crippen molar-refractivity contribution in [3.8, 4) is 0 Å². The van der Waals surface area contributed by atoms with Crippen molar-refractivity contribution in [1.82, 2.24) is 15.2 Å². The SMILES string of the molecule is O=C(CCN1C(=S)N[C@@H](c2ccccn2)[C@@H]1c1ccco1)Nc1ccccc1F. The molecule has 0 unspecified atom stereocenters. The molecule has 0 spiro atoms. The fourth-order valence-corrected chi connectivity index (χ4v) is 3.74. The number of nitrogens with zero attached hydrogens (tertiary/aromatic N) is 2. The van der Waals surface area contributed by atoms with Crippen LogP contribution in [0.15, 0.2) is 71.5 Å². The summed E-state index contributed by atoms with van der Waals surface area (Å²) in [7, 11) is 0. The second-order valence-electron chi connectivity index (χ2n) is 6.61. The molecule has 148 valence electrons. The molecule has 0 radical (unpaired) electrons. The summed E-state index contributed by atoms with van der Waals surface area (Å²) in [6.07, 6.45) is 3.47. The molecule has 0 aliphatic carbocycles. The van der Waals surface area contributed by atoms with Gasteiger partial charge < -0.3 is 20.0 Å². The van der Waals surface area contributed by atoms with Crippen LogP contribution in [0, 0.1) is 5.82 Å². The van der Waals surface area contributed by atoms with E-state index in [1.165, 1.54) is 12.1 Å². The van der Waals surface area contributed by atoms with Crippen molar-refractivity contribution in [2.24, 2.45) is 0 Å². The number of thiocarbonyl (C=S) groups is 1. The normalized spacial score (nSPS) is 18.5. The van der Waals surface area contributed by atoms with Crippen LogP contribution in [0.2, 0.25) is 0 Å². The minimum atomic E-state index is -0.470. The lowest BCUT2D eigenvalue weighted by molar-refractivity contribution is -0.116. The Morgan fingerprint density at radius 3 is 2.76 bits per heavy atom. The maximum Gasteiger partial charge on any atom is 0.226 e. The van der Waals surface area contributed by atoms with E-state index in [4.69, 9.17) is 16.6 Å². The number of aromatic nitrogens is 1. The number of hydrogen-bond acceptors (Lipinski definition) is 4. The first-order valence-electron chi connectivity index (χ1n) is 9.19. The summed E-state index contributed by atoms with van der Waals surface area (Å²) in [6.45, 7) is 0.348. The number of amides is 1. The number of anilines is 1. The first kappa shape index (κ1) is 19.1. The molecule has 1 aromatic carbocycles. The fraction of sp³-hybridized carbons (Fsp3) is 0.190. The molecule has 1 aliphatic rings. The Balaban J connectivity index is 1.50. The molecule has 2 aromatic heterocycles. The van der Waals surface area contributed by atoms with Crippen molar-refractivity contribution in [2.75, 3.05) is 11.9 Å². The Hall–Kier alpha value is -3.26. The van der Waals surface area contributed by atoms with Gasteiger partial charge in [-0.3, -0.25) is 9.78 Å². The highest BCUT2D eigenvalue weighted by molar-refractivity contribution is 7.80. The summed E-state index contributed by atoms with van der Waals surface area (Å²) in [6, 6.07) is 15.0. The molecule has 0 saturated carbocycles. The molecule has 3 aromatic rings. The Morgan fingerprint density at radius 2 is 2.03 bits per heavy atom. The Kier molecular flexibility index (Phi) is 5.53. The van der Waals surface area contributed by atoms with Crippen molar-refractivity contribution < 1.29 is 13.6 Å². The summed E-state index contributed by atoms with van der Waals surface area (Å²) in [5.41, 5.74) is 0.989. The highest BCUT2D eigenvalue weighted by atomic mass is 32.1. The van der Waals surface area contributed by atoms with Crippen molar-refractivity contribution in [2.45, 2.75) is 18.5 Å². The van der Waals surface area contributed by atoms with Gasteiger partial charge in [-0.05, 0) is 48.6 Å². The standard InChI is InChI=1S/C21H19FN4O2S/c22-14-6-1-2-7-15(14)24-18(27)10-12-26-20(17-9-5-13-28-17)19(25-21(26)29)16-8-3-4-11-23-16/h1-9,11,13,19-20H,10,12H2,(H,24,27)(H,25,29)/t19-,20-/m0/s1. The molecule has 1 saturated heterocycles. The van der Waals surface area contributed by atoms with Gasteiger partial charge in [-0.1, -0.05) is 18.2 Å². The second-order valence-corrected chi connectivity index (χ2v) is 7.00. The lowest BCUT2D eigenvalue weighted by Crippen LogP contribution is -2.32. The van der Waals surface area contributed by atoms with Gasteiger partial charge in [-0.25, -0.2) is 4.39 Å². The van der Waals surface area contributed by atoms with Crippen LogP contribution < -0.4 is 10.6 Å². The molecule has 29 heavy (non-hydrogen) atoms. The summed E-state index contributed by atoms with van der Waals surface area (Å²) >= 11 is 5.52. The number of nitrogens with one attached hydrogen (secondary N) is 2. The quantitative estimate of drug-likeness (QED) is 0.602. The molecule has 1 fully saturated rings. The zero-order valence-corrected chi connectivity index (χ0v) is 16.2. The van der Waals surface area contributed by atoms with Gasteiger partial charge in [0.15, 0.2) is 5.11 Å². The third kappa shape index (κ3) is 4.12. The van der Waals surface area contributed by atoms with E-state index in [0.717, 1.165) is 11.5 Å². The van der Waals surface area contributed by atoms with Crippen LogP contribution in [0.4, 0.5) is 10.1 Å². The van der Waals surface area contributed by atoms with Crippen LogP contribution in [0.5, 0.6) is 0 Å². The van der Waals surface area contributed by atoms with Crippen molar-refractivity contribution in [1.29, 1.82) is 0 Å². The van der Waals surface area contributed by atoms with Gasteiger partial charge in [0.1, 0.15) is 17.6 Å². The number of para-hydroxylation sites is 1. The monoisotopic (exact) mass is 410 g/mol. The molecule has 2 atom stereocenters. The van der Waals surface area contributed by atoms with E-state index in [0.29, 0.717) is 11.7 Å². The third-order valence-corrected chi connectivity index (χ3v) is 5.11. The van der Waals surface area contributed by atoms with Crippen molar-refractivity contribution in [3.05, 3.63) is 84.3 Å². The highest BCUT2D eigenvalue weighted by Crippen LogP contribution is 2.38. The minimum Gasteiger partial charge on any atom is -0.467 e. The molecule has 1 amide bonds. The molecule has 4 rings (SSSR count).